The number of alkyl halides is 1. The molecule has 1 aromatic heterocycles. The summed E-state index contributed by atoms with van der Waals surface area (Å²) < 4.78 is 0. The van der Waals surface area contributed by atoms with Crippen LogP contribution in [0.15, 0.2) is 35.1 Å². The van der Waals surface area contributed by atoms with Crippen molar-refractivity contribution in [3.8, 4) is 0 Å². The zero-order valence-corrected chi connectivity index (χ0v) is 10.2. The van der Waals surface area contributed by atoms with Crippen LogP contribution in [0.1, 0.15) is 6.42 Å². The number of rotatable bonds is 2. The lowest BCUT2D eigenvalue weighted by Gasteiger charge is -2.01. The first kappa shape index (κ1) is 11.2. The van der Waals surface area contributed by atoms with E-state index in [1.165, 1.54) is 0 Å². The molecule has 1 N–H and O–H groups in total. The molecule has 0 bridgehead atoms. The molecule has 0 aliphatic heterocycles. The van der Waals surface area contributed by atoms with Crippen LogP contribution in [0.25, 0.3) is 27.4 Å². The third kappa shape index (κ3) is 1.51. The highest BCUT2D eigenvalue weighted by Crippen LogP contribution is 2.21. The summed E-state index contributed by atoms with van der Waals surface area (Å²) >= 11 is 5.64. The van der Waals surface area contributed by atoms with Crippen molar-refractivity contribution < 1.29 is 5.11 Å². The van der Waals surface area contributed by atoms with Gasteiger partial charge in [-0.1, -0.05) is 12.1 Å². The van der Waals surface area contributed by atoms with E-state index < -0.39 is 0 Å². The maximum Gasteiger partial charge on any atom is 0.278 e. The highest BCUT2D eigenvalue weighted by Gasteiger charge is 2.10. The van der Waals surface area contributed by atoms with Gasteiger partial charge in [0.2, 0.25) is 0 Å². The zero-order valence-electron chi connectivity index (χ0n) is 9.48. The molecular formula is C14H10ClNO2. The SMILES string of the molecule is O=c1nc2cc/c(=C(/O)CCCl)c3cccc1c23. The highest BCUT2D eigenvalue weighted by molar-refractivity contribution is 6.18. The summed E-state index contributed by atoms with van der Waals surface area (Å²) in [5.41, 5.74) is 0.456. The molecule has 4 heteroatoms. The smallest absolute Gasteiger partial charge is 0.278 e. The Morgan fingerprint density at radius 1 is 1.22 bits per heavy atom. The predicted molar refractivity (Wildman–Crippen MR) is 73.3 cm³/mol. The Kier molecular flexibility index (Phi) is 2.56. The first-order chi connectivity index (χ1) is 8.72. The molecule has 0 radical (unpaired) electrons. The van der Waals surface area contributed by atoms with Crippen LogP contribution in [0.2, 0.25) is 0 Å². The van der Waals surface area contributed by atoms with E-state index in [1.54, 1.807) is 24.3 Å². The molecule has 0 spiro atoms. The van der Waals surface area contributed by atoms with Gasteiger partial charge in [-0.25, -0.2) is 4.98 Å². The molecule has 0 amide bonds. The molecule has 0 unspecified atom stereocenters. The van der Waals surface area contributed by atoms with E-state index in [0.717, 1.165) is 16.0 Å². The van der Waals surface area contributed by atoms with E-state index >= 15 is 0 Å². The van der Waals surface area contributed by atoms with E-state index in [9.17, 15) is 9.90 Å². The second-order valence-corrected chi connectivity index (χ2v) is 4.54. The third-order valence-corrected chi connectivity index (χ3v) is 3.30. The van der Waals surface area contributed by atoms with E-state index in [-0.39, 0.29) is 11.3 Å². The molecule has 0 saturated heterocycles. The Bertz CT molecular complexity index is 829. The Labute approximate surface area is 108 Å². The zero-order chi connectivity index (χ0) is 12.7. The minimum absolute atomic E-state index is 0.218. The molecule has 0 saturated carbocycles. The lowest BCUT2D eigenvalue weighted by Crippen LogP contribution is -2.07. The summed E-state index contributed by atoms with van der Waals surface area (Å²) in [5, 5.41) is 13.0. The van der Waals surface area contributed by atoms with E-state index in [1.807, 2.05) is 6.07 Å². The quantitative estimate of drug-likeness (QED) is 0.718. The maximum atomic E-state index is 11.7. The Morgan fingerprint density at radius 2 is 2.00 bits per heavy atom. The number of aromatic nitrogens is 1. The number of nitrogens with zero attached hydrogens (tertiary/aromatic N) is 1. The molecule has 0 aliphatic carbocycles. The molecule has 90 valence electrons. The van der Waals surface area contributed by atoms with Gasteiger partial charge in [0.25, 0.3) is 5.56 Å². The van der Waals surface area contributed by atoms with Crippen LogP contribution in [0, 0.1) is 0 Å². The van der Waals surface area contributed by atoms with Crippen molar-refractivity contribution >= 4 is 39.0 Å². The summed E-state index contributed by atoms with van der Waals surface area (Å²) in [4.78, 5) is 15.7. The molecule has 1 heterocycles. The van der Waals surface area contributed by atoms with Crippen LogP contribution in [0.4, 0.5) is 0 Å². The molecule has 18 heavy (non-hydrogen) atoms. The fourth-order valence-electron chi connectivity index (χ4n) is 2.30. The van der Waals surface area contributed by atoms with Gasteiger partial charge in [0, 0.05) is 22.9 Å². The average molecular weight is 260 g/mol. The number of aliphatic hydroxyl groups is 1. The number of hydrogen-bond donors (Lipinski definition) is 1. The van der Waals surface area contributed by atoms with Crippen molar-refractivity contribution in [2.45, 2.75) is 6.42 Å². The molecular weight excluding hydrogens is 250 g/mol. The Morgan fingerprint density at radius 3 is 2.78 bits per heavy atom. The van der Waals surface area contributed by atoms with Crippen molar-refractivity contribution in [1.29, 1.82) is 0 Å². The van der Waals surface area contributed by atoms with Crippen molar-refractivity contribution in [2.75, 3.05) is 5.88 Å². The van der Waals surface area contributed by atoms with Gasteiger partial charge in [0.1, 0.15) is 5.76 Å². The van der Waals surface area contributed by atoms with Crippen LogP contribution in [-0.2, 0) is 0 Å². The summed E-state index contributed by atoms with van der Waals surface area (Å²) in [6, 6.07) is 8.99. The maximum absolute atomic E-state index is 11.7. The minimum atomic E-state index is -0.218. The van der Waals surface area contributed by atoms with Crippen LogP contribution in [-0.4, -0.2) is 16.0 Å². The number of halogens is 1. The van der Waals surface area contributed by atoms with Gasteiger partial charge in [0.15, 0.2) is 0 Å². The monoisotopic (exact) mass is 259 g/mol. The molecule has 0 atom stereocenters. The first-order valence-electron chi connectivity index (χ1n) is 5.65. The fourth-order valence-corrected chi connectivity index (χ4v) is 2.48. The highest BCUT2D eigenvalue weighted by atomic mass is 35.5. The lowest BCUT2D eigenvalue weighted by molar-refractivity contribution is 0.485. The predicted octanol–water partition coefficient (Wildman–Crippen LogP) is 2.20. The topological polar surface area (TPSA) is 50.2 Å². The molecule has 3 nitrogen and oxygen atoms in total. The van der Waals surface area contributed by atoms with Crippen molar-refractivity contribution in [3.63, 3.8) is 0 Å². The third-order valence-electron chi connectivity index (χ3n) is 3.11. The van der Waals surface area contributed by atoms with Gasteiger partial charge in [-0.05, 0) is 23.6 Å². The van der Waals surface area contributed by atoms with Crippen molar-refractivity contribution in [1.82, 2.24) is 4.98 Å². The molecule has 0 fully saturated rings. The molecule has 3 aromatic rings. The molecule has 3 rings (SSSR count). The first-order valence-corrected chi connectivity index (χ1v) is 6.18. The van der Waals surface area contributed by atoms with Gasteiger partial charge in [-0.3, -0.25) is 4.79 Å². The standard InChI is InChI=1S/C14H10ClNO2/c15-7-6-12(17)8-4-5-11-13-9(8)2-1-3-10(13)14(18)16-11/h1-5,17H,6-7H2/b12-8-. The van der Waals surface area contributed by atoms with Crippen molar-refractivity contribution in [3.05, 3.63) is 45.9 Å². The van der Waals surface area contributed by atoms with Gasteiger partial charge in [0.05, 0.1) is 10.9 Å². The fraction of sp³-hybridized carbons (Fsp3) is 0.143. The van der Waals surface area contributed by atoms with Gasteiger partial charge < -0.3 is 5.11 Å². The van der Waals surface area contributed by atoms with Gasteiger partial charge in [-0.2, -0.15) is 0 Å². The lowest BCUT2D eigenvalue weighted by atomic mass is 10.0. The Balaban J connectivity index is 2.54. The average Bonchev–Trinajstić information content (AvgIpc) is 2.69. The normalized spacial score (nSPS) is 13.4. The van der Waals surface area contributed by atoms with Crippen LogP contribution < -0.4 is 10.8 Å². The second kappa shape index (κ2) is 4.10. The molecule has 2 aromatic carbocycles. The summed E-state index contributed by atoms with van der Waals surface area (Å²) in [6.45, 7) is 0. The number of aliphatic hydroxyl groups excluding tert-OH is 1. The van der Waals surface area contributed by atoms with E-state index in [4.69, 9.17) is 11.6 Å². The van der Waals surface area contributed by atoms with Crippen LogP contribution in [0.3, 0.4) is 0 Å². The summed E-state index contributed by atoms with van der Waals surface area (Å²) in [6.07, 6.45) is 0.408. The van der Waals surface area contributed by atoms with Crippen molar-refractivity contribution in [2.24, 2.45) is 0 Å². The van der Waals surface area contributed by atoms with Crippen LogP contribution in [0.5, 0.6) is 0 Å². The Hall–Kier alpha value is -1.87. The summed E-state index contributed by atoms with van der Waals surface area (Å²) in [7, 11) is 0. The van der Waals surface area contributed by atoms with E-state index in [0.29, 0.717) is 23.2 Å². The minimum Gasteiger partial charge on any atom is -0.512 e. The number of benzene rings is 2. The second-order valence-electron chi connectivity index (χ2n) is 4.16. The largest absolute Gasteiger partial charge is 0.512 e. The number of hydrogen-bond acceptors (Lipinski definition) is 3. The van der Waals surface area contributed by atoms with Crippen LogP contribution >= 0.6 is 11.6 Å². The van der Waals surface area contributed by atoms with E-state index in [2.05, 4.69) is 4.98 Å². The summed E-state index contributed by atoms with van der Waals surface area (Å²) in [5.74, 6) is 0.603. The van der Waals surface area contributed by atoms with Gasteiger partial charge >= 0.3 is 0 Å². The molecule has 0 aliphatic rings. The van der Waals surface area contributed by atoms with Gasteiger partial charge in [-0.15, -0.1) is 11.6 Å².